The second kappa shape index (κ2) is 11.9. The van der Waals surface area contributed by atoms with Crippen LogP contribution in [-0.4, -0.2) is 71.2 Å². The van der Waals surface area contributed by atoms with Crippen molar-refractivity contribution in [2.75, 3.05) is 39.3 Å². The van der Waals surface area contributed by atoms with E-state index in [1.807, 2.05) is 84.8 Å². The highest BCUT2D eigenvalue weighted by Crippen LogP contribution is 2.27. The van der Waals surface area contributed by atoms with E-state index in [9.17, 15) is 9.90 Å². The van der Waals surface area contributed by atoms with Gasteiger partial charge in [0, 0.05) is 45.1 Å². The molecule has 4 rings (SSSR count). The zero-order valence-corrected chi connectivity index (χ0v) is 19.7. The number of benzene rings is 2. The number of ether oxygens (including phenoxy) is 1. The van der Waals surface area contributed by atoms with Crippen molar-refractivity contribution in [1.82, 2.24) is 14.8 Å². The van der Waals surface area contributed by atoms with Crippen molar-refractivity contribution in [3.63, 3.8) is 0 Å². The van der Waals surface area contributed by atoms with E-state index < -0.39 is 6.10 Å². The first-order chi connectivity index (χ1) is 16.6. The fraction of sp³-hybridized carbons (Fsp3) is 0.357. The van der Waals surface area contributed by atoms with Crippen LogP contribution in [0.5, 0.6) is 0 Å². The molecule has 6 nitrogen and oxygen atoms in total. The Hall–Kier alpha value is -3.06. The molecule has 1 aliphatic heterocycles. The highest BCUT2D eigenvalue weighted by molar-refractivity contribution is 5.87. The molecule has 1 fully saturated rings. The van der Waals surface area contributed by atoms with Crippen molar-refractivity contribution < 1.29 is 14.6 Å². The van der Waals surface area contributed by atoms with E-state index in [-0.39, 0.29) is 18.4 Å². The van der Waals surface area contributed by atoms with Crippen LogP contribution in [0.3, 0.4) is 0 Å². The normalized spacial score (nSPS) is 15.4. The predicted octanol–water partition coefficient (Wildman–Crippen LogP) is 3.24. The van der Waals surface area contributed by atoms with Crippen molar-refractivity contribution >= 4 is 5.91 Å². The van der Waals surface area contributed by atoms with Gasteiger partial charge in [-0.15, -0.1) is 0 Å². The summed E-state index contributed by atoms with van der Waals surface area (Å²) >= 11 is 0. The Kier molecular flexibility index (Phi) is 8.41. The molecule has 2 heterocycles. The molecule has 2 aromatic carbocycles. The molecule has 1 aromatic heterocycles. The van der Waals surface area contributed by atoms with Crippen LogP contribution in [0.4, 0.5) is 0 Å². The summed E-state index contributed by atoms with van der Waals surface area (Å²) in [6.45, 7) is 6.02. The Balaban J connectivity index is 1.28. The number of hydrogen-bond donors (Lipinski definition) is 1. The van der Waals surface area contributed by atoms with Crippen LogP contribution in [-0.2, 0) is 16.1 Å². The minimum absolute atomic E-state index is 0.132. The number of piperazine rings is 1. The van der Waals surface area contributed by atoms with Gasteiger partial charge >= 0.3 is 0 Å². The Morgan fingerprint density at radius 1 is 0.971 bits per heavy atom. The van der Waals surface area contributed by atoms with Gasteiger partial charge in [0.1, 0.15) is 0 Å². The number of amides is 1. The fourth-order valence-corrected chi connectivity index (χ4v) is 4.46. The summed E-state index contributed by atoms with van der Waals surface area (Å²) in [4.78, 5) is 21.9. The lowest BCUT2D eigenvalue weighted by molar-refractivity contribution is -0.133. The number of aryl methyl sites for hydroxylation is 1. The van der Waals surface area contributed by atoms with Gasteiger partial charge in [-0.25, -0.2) is 0 Å². The van der Waals surface area contributed by atoms with Crippen molar-refractivity contribution in [2.24, 2.45) is 0 Å². The van der Waals surface area contributed by atoms with Crippen molar-refractivity contribution in [3.8, 4) is 0 Å². The van der Waals surface area contributed by atoms with E-state index >= 15 is 0 Å². The lowest BCUT2D eigenvalue weighted by Crippen LogP contribution is -2.51. The summed E-state index contributed by atoms with van der Waals surface area (Å²) in [5, 5.41) is 10.4. The SMILES string of the molecule is Cc1cncc(COCC(O)CN2CCN(C(=O)C(c3ccccc3)c3ccccc3)CC2)c1. The molecule has 1 N–H and O–H groups in total. The summed E-state index contributed by atoms with van der Waals surface area (Å²) in [6.07, 6.45) is 3.03. The molecule has 0 aliphatic carbocycles. The largest absolute Gasteiger partial charge is 0.389 e. The number of carbonyl (C=O) groups excluding carboxylic acids is 1. The highest BCUT2D eigenvalue weighted by atomic mass is 16.5. The van der Waals surface area contributed by atoms with Gasteiger partial charge in [0.05, 0.1) is 25.2 Å². The fourth-order valence-electron chi connectivity index (χ4n) is 4.46. The number of β-amino-alcohol motifs (C(OH)–C–C–N with tert-alkyl or cyclic N) is 1. The summed E-state index contributed by atoms with van der Waals surface area (Å²) in [6, 6.07) is 22.0. The first-order valence-corrected chi connectivity index (χ1v) is 11.9. The Morgan fingerprint density at radius 3 is 2.18 bits per heavy atom. The molecule has 1 aliphatic rings. The van der Waals surface area contributed by atoms with Gasteiger partial charge in [0.2, 0.25) is 5.91 Å². The monoisotopic (exact) mass is 459 g/mol. The van der Waals surface area contributed by atoms with E-state index in [0.29, 0.717) is 26.2 Å². The quantitative estimate of drug-likeness (QED) is 0.532. The maximum atomic E-state index is 13.6. The van der Waals surface area contributed by atoms with E-state index in [1.54, 1.807) is 6.20 Å². The standard InChI is InChI=1S/C28H33N3O3/c1-22-16-23(18-29-17-22)20-34-21-26(32)19-30-12-14-31(15-13-30)28(33)27(24-8-4-2-5-9-24)25-10-6-3-7-11-25/h2-11,16-18,26-27,32H,12-15,19-21H2,1H3. The molecule has 3 aromatic rings. The molecule has 1 unspecified atom stereocenters. The smallest absolute Gasteiger partial charge is 0.234 e. The maximum Gasteiger partial charge on any atom is 0.234 e. The summed E-state index contributed by atoms with van der Waals surface area (Å²) in [5.74, 6) is -0.170. The van der Waals surface area contributed by atoms with E-state index in [4.69, 9.17) is 4.74 Å². The molecule has 0 saturated carbocycles. The lowest BCUT2D eigenvalue weighted by Gasteiger charge is -2.37. The van der Waals surface area contributed by atoms with Gasteiger partial charge < -0.3 is 14.7 Å². The molecule has 1 atom stereocenters. The van der Waals surface area contributed by atoms with Crippen molar-refractivity contribution in [1.29, 1.82) is 0 Å². The first-order valence-electron chi connectivity index (χ1n) is 11.9. The van der Waals surface area contributed by atoms with Crippen molar-refractivity contribution in [2.45, 2.75) is 25.6 Å². The summed E-state index contributed by atoms with van der Waals surface area (Å²) in [7, 11) is 0. The van der Waals surface area contributed by atoms with E-state index in [2.05, 4.69) is 9.88 Å². The number of aliphatic hydroxyl groups excluding tert-OH is 1. The van der Waals surface area contributed by atoms with E-state index in [0.717, 1.165) is 35.3 Å². The third-order valence-corrected chi connectivity index (χ3v) is 6.18. The second-order valence-electron chi connectivity index (χ2n) is 8.92. The van der Waals surface area contributed by atoms with Crippen LogP contribution in [0.2, 0.25) is 0 Å². The van der Waals surface area contributed by atoms with Gasteiger partial charge in [0.15, 0.2) is 0 Å². The van der Waals surface area contributed by atoms with Crippen LogP contribution < -0.4 is 0 Å². The van der Waals surface area contributed by atoms with Crippen LogP contribution in [0.25, 0.3) is 0 Å². The molecule has 0 spiro atoms. The van der Waals surface area contributed by atoms with Crippen LogP contribution in [0.1, 0.15) is 28.2 Å². The van der Waals surface area contributed by atoms with Gasteiger partial charge in [-0.1, -0.05) is 66.7 Å². The molecule has 178 valence electrons. The predicted molar refractivity (Wildman–Crippen MR) is 132 cm³/mol. The topological polar surface area (TPSA) is 65.9 Å². The van der Waals surface area contributed by atoms with E-state index in [1.165, 1.54) is 0 Å². The number of nitrogens with zero attached hydrogens (tertiary/aromatic N) is 3. The minimum atomic E-state index is -0.568. The Morgan fingerprint density at radius 2 is 1.59 bits per heavy atom. The van der Waals surface area contributed by atoms with Gasteiger partial charge in [-0.3, -0.25) is 14.7 Å². The molecule has 6 heteroatoms. The average Bonchev–Trinajstić information content (AvgIpc) is 2.86. The number of rotatable bonds is 9. The number of carbonyl (C=O) groups is 1. The zero-order valence-electron chi connectivity index (χ0n) is 19.7. The zero-order chi connectivity index (χ0) is 23.8. The van der Waals surface area contributed by atoms with Crippen LogP contribution in [0.15, 0.2) is 79.1 Å². The van der Waals surface area contributed by atoms with Gasteiger partial charge in [-0.2, -0.15) is 0 Å². The number of aromatic nitrogens is 1. The maximum absolute atomic E-state index is 13.6. The summed E-state index contributed by atoms with van der Waals surface area (Å²) in [5.41, 5.74) is 4.12. The highest BCUT2D eigenvalue weighted by Gasteiger charge is 2.30. The van der Waals surface area contributed by atoms with Crippen LogP contribution in [0, 0.1) is 6.92 Å². The molecule has 1 saturated heterocycles. The number of hydrogen-bond acceptors (Lipinski definition) is 5. The molecular formula is C28H33N3O3. The lowest BCUT2D eigenvalue weighted by atomic mass is 9.90. The average molecular weight is 460 g/mol. The number of pyridine rings is 1. The second-order valence-corrected chi connectivity index (χ2v) is 8.92. The molecule has 34 heavy (non-hydrogen) atoms. The first kappa shape index (κ1) is 24.1. The number of aliphatic hydroxyl groups is 1. The molecule has 0 radical (unpaired) electrons. The summed E-state index contributed by atoms with van der Waals surface area (Å²) < 4.78 is 5.69. The van der Waals surface area contributed by atoms with Crippen LogP contribution >= 0.6 is 0 Å². The Labute approximate surface area is 201 Å². The third-order valence-electron chi connectivity index (χ3n) is 6.18. The Bertz CT molecular complexity index is 998. The third kappa shape index (κ3) is 6.50. The molecule has 0 bridgehead atoms. The van der Waals surface area contributed by atoms with Crippen molar-refractivity contribution in [3.05, 3.63) is 101 Å². The van der Waals surface area contributed by atoms with Gasteiger partial charge in [-0.05, 0) is 29.2 Å². The molecular weight excluding hydrogens is 426 g/mol. The molecule has 1 amide bonds. The minimum Gasteiger partial charge on any atom is -0.389 e. The van der Waals surface area contributed by atoms with Gasteiger partial charge in [0.25, 0.3) is 0 Å².